The van der Waals surface area contributed by atoms with Gasteiger partial charge in [0, 0.05) is 22.5 Å². The highest BCUT2D eigenvalue weighted by atomic mass is 35.5. The number of halogens is 2. The third kappa shape index (κ3) is 2.16. The van der Waals surface area contributed by atoms with Crippen LogP contribution in [-0.2, 0) is 9.73 Å². The summed E-state index contributed by atoms with van der Waals surface area (Å²) < 4.78 is 0. The second-order valence-corrected chi connectivity index (χ2v) is 7.01. The van der Waals surface area contributed by atoms with Crippen molar-refractivity contribution >= 4 is 46.3 Å². The van der Waals surface area contributed by atoms with Gasteiger partial charge in [-0.2, -0.15) is 10.0 Å². The number of para-hydroxylation sites is 2. The fraction of sp³-hybridized carbons (Fsp3) is 0.222. The van der Waals surface area contributed by atoms with Crippen LogP contribution in [0.5, 0.6) is 0 Å². The summed E-state index contributed by atoms with van der Waals surface area (Å²) in [6.45, 7) is 7.20. The first-order valence-corrected chi connectivity index (χ1v) is 8.80. The van der Waals surface area contributed by atoms with Crippen molar-refractivity contribution in [3.05, 3.63) is 56.6 Å². The number of hydrogen-bond acceptors (Lipinski definition) is 5. The number of rotatable bonds is 1. The average molecular weight is 391 g/mol. The summed E-state index contributed by atoms with van der Waals surface area (Å²) >= 11 is 13.0. The molecule has 0 N–H and O–H groups in total. The molecule has 0 spiro atoms. The Labute approximate surface area is 161 Å². The van der Waals surface area contributed by atoms with Gasteiger partial charge in [-0.1, -0.05) is 35.3 Å². The highest BCUT2D eigenvalue weighted by Gasteiger charge is 2.46. The molecule has 0 aliphatic carbocycles. The van der Waals surface area contributed by atoms with Gasteiger partial charge in [0.2, 0.25) is 11.7 Å². The molecule has 1 amide bonds. The van der Waals surface area contributed by atoms with E-state index in [2.05, 4.69) is 5.16 Å². The van der Waals surface area contributed by atoms with Crippen LogP contribution < -0.4 is 10.0 Å². The number of hydrogen-bond donors (Lipinski definition) is 0. The first kappa shape index (κ1) is 17.1. The van der Waals surface area contributed by atoms with Gasteiger partial charge in [-0.3, -0.25) is 9.73 Å². The summed E-state index contributed by atoms with van der Waals surface area (Å²) in [5.41, 5.74) is 4.82. The van der Waals surface area contributed by atoms with Crippen LogP contribution in [0.25, 0.3) is 0 Å². The third-order valence-corrected chi connectivity index (χ3v) is 5.80. The minimum absolute atomic E-state index is 0.190. The van der Waals surface area contributed by atoms with Gasteiger partial charge in [0.05, 0.1) is 16.7 Å². The van der Waals surface area contributed by atoms with E-state index in [9.17, 15) is 4.79 Å². The lowest BCUT2D eigenvalue weighted by molar-refractivity contribution is -0.156. The van der Waals surface area contributed by atoms with Gasteiger partial charge in [0.15, 0.2) is 0 Å². The quantitative estimate of drug-likeness (QED) is 0.717. The fourth-order valence-corrected chi connectivity index (χ4v) is 3.84. The Morgan fingerprint density at radius 2 is 1.58 bits per heavy atom. The molecule has 2 heterocycles. The number of oxime groups is 1. The van der Waals surface area contributed by atoms with Gasteiger partial charge < -0.3 is 0 Å². The van der Waals surface area contributed by atoms with Crippen molar-refractivity contribution < 1.29 is 9.73 Å². The van der Waals surface area contributed by atoms with Crippen LogP contribution in [0.3, 0.4) is 0 Å². The van der Waals surface area contributed by atoms with Crippen molar-refractivity contribution in [2.75, 3.05) is 10.0 Å². The summed E-state index contributed by atoms with van der Waals surface area (Å²) in [5, 5.41) is 9.90. The number of hydrazine groups is 2. The molecule has 0 bridgehead atoms. The first-order chi connectivity index (χ1) is 12.3. The summed E-state index contributed by atoms with van der Waals surface area (Å²) in [5.74, 6) is 0.338. The molecule has 2 aliphatic rings. The van der Waals surface area contributed by atoms with Crippen molar-refractivity contribution in [2.24, 2.45) is 5.16 Å². The number of benzene rings is 2. The lowest BCUT2D eigenvalue weighted by atomic mass is 9.98. The SMILES string of the molecule is CC(=O)N1c2ccccc2N2C(c3c(C)c(Cl)c(C)c(Cl)c3C)=NON12. The lowest BCUT2D eigenvalue weighted by Gasteiger charge is -2.24. The topological polar surface area (TPSA) is 48.4 Å². The monoisotopic (exact) mass is 390 g/mol. The molecular formula is C18H16Cl2N4O2. The van der Waals surface area contributed by atoms with E-state index in [1.165, 1.54) is 17.2 Å². The van der Waals surface area contributed by atoms with E-state index in [1.54, 1.807) is 5.01 Å². The number of anilines is 2. The minimum Gasteiger partial charge on any atom is -0.273 e. The molecule has 2 aromatic rings. The Hall–Kier alpha value is -2.28. The van der Waals surface area contributed by atoms with Gasteiger partial charge >= 0.3 is 0 Å². The van der Waals surface area contributed by atoms with Gasteiger partial charge in [0.25, 0.3) is 0 Å². The zero-order valence-electron chi connectivity index (χ0n) is 14.7. The van der Waals surface area contributed by atoms with Crippen molar-refractivity contribution in [1.82, 2.24) is 5.28 Å². The van der Waals surface area contributed by atoms with E-state index in [1.807, 2.05) is 45.0 Å². The Morgan fingerprint density at radius 3 is 2.15 bits per heavy atom. The molecule has 6 nitrogen and oxygen atoms in total. The zero-order chi connectivity index (χ0) is 18.7. The summed E-state index contributed by atoms with van der Waals surface area (Å²) in [6, 6.07) is 7.51. The van der Waals surface area contributed by atoms with Crippen molar-refractivity contribution in [1.29, 1.82) is 0 Å². The van der Waals surface area contributed by atoms with E-state index in [0.29, 0.717) is 21.6 Å². The maximum atomic E-state index is 12.2. The molecule has 2 aliphatic heterocycles. The molecule has 0 aromatic heterocycles. The molecule has 134 valence electrons. The van der Waals surface area contributed by atoms with Gasteiger partial charge in [-0.05, 0) is 54.8 Å². The molecule has 0 fully saturated rings. The Morgan fingerprint density at radius 1 is 1.00 bits per heavy atom. The van der Waals surface area contributed by atoms with E-state index in [0.717, 1.165) is 27.9 Å². The molecular weight excluding hydrogens is 375 g/mol. The highest BCUT2D eigenvalue weighted by Crippen LogP contribution is 2.44. The summed E-state index contributed by atoms with van der Waals surface area (Å²) in [6.07, 6.45) is 0. The molecule has 8 heteroatoms. The Kier molecular flexibility index (Phi) is 3.87. The van der Waals surface area contributed by atoms with Crippen LogP contribution in [0.4, 0.5) is 11.4 Å². The van der Waals surface area contributed by atoms with Gasteiger partial charge in [-0.25, -0.2) is 0 Å². The molecule has 0 saturated carbocycles. The van der Waals surface area contributed by atoms with E-state index in [-0.39, 0.29) is 5.91 Å². The van der Waals surface area contributed by atoms with E-state index >= 15 is 0 Å². The fourth-order valence-electron chi connectivity index (χ4n) is 3.41. The average Bonchev–Trinajstić information content (AvgIpc) is 3.17. The molecule has 0 atom stereocenters. The molecule has 0 radical (unpaired) electrons. The third-order valence-electron chi connectivity index (χ3n) is 4.67. The van der Waals surface area contributed by atoms with Gasteiger partial charge in [-0.15, -0.1) is 0 Å². The zero-order valence-corrected chi connectivity index (χ0v) is 16.2. The maximum Gasteiger partial charge on any atom is 0.242 e. The standard InChI is InChI=1S/C18H16Cl2N4O2/c1-9-15(10(2)17(20)11(3)16(9)19)18-21-26-24-22(12(4)25)13-7-5-6-8-14(13)23(18)24/h5-8H,1-4H3. The second kappa shape index (κ2) is 5.87. The number of amides is 1. The normalized spacial score (nSPS) is 15.7. The molecule has 0 unspecified atom stereocenters. The second-order valence-electron chi connectivity index (χ2n) is 6.26. The van der Waals surface area contributed by atoms with Crippen molar-refractivity contribution in [2.45, 2.75) is 27.7 Å². The predicted molar refractivity (Wildman–Crippen MR) is 102 cm³/mol. The number of amidine groups is 1. The smallest absolute Gasteiger partial charge is 0.242 e. The van der Waals surface area contributed by atoms with Crippen LogP contribution in [0, 0.1) is 20.8 Å². The molecule has 4 rings (SSSR count). The van der Waals surface area contributed by atoms with Crippen LogP contribution in [0.2, 0.25) is 10.0 Å². The number of carbonyl (C=O) groups is 1. The molecule has 0 saturated heterocycles. The first-order valence-electron chi connectivity index (χ1n) is 8.04. The molecule has 26 heavy (non-hydrogen) atoms. The highest BCUT2D eigenvalue weighted by molar-refractivity contribution is 6.38. The Bertz CT molecular complexity index is 960. The van der Waals surface area contributed by atoms with Crippen LogP contribution in [-0.4, -0.2) is 17.0 Å². The van der Waals surface area contributed by atoms with E-state index in [4.69, 9.17) is 28.1 Å². The lowest BCUT2D eigenvalue weighted by Crippen LogP contribution is -2.48. The number of nitrogens with zero attached hydrogens (tertiary/aromatic N) is 4. The minimum atomic E-state index is -0.190. The summed E-state index contributed by atoms with van der Waals surface area (Å²) in [4.78, 5) is 17.7. The predicted octanol–water partition coefficient (Wildman–Crippen LogP) is 4.53. The number of fused-ring (bicyclic) bond motifs is 3. The van der Waals surface area contributed by atoms with Gasteiger partial charge in [0.1, 0.15) is 0 Å². The Balaban J connectivity index is 1.92. The van der Waals surface area contributed by atoms with Crippen LogP contribution >= 0.6 is 23.2 Å². The van der Waals surface area contributed by atoms with Crippen LogP contribution in [0.15, 0.2) is 29.4 Å². The number of carbonyl (C=O) groups excluding carboxylic acids is 1. The van der Waals surface area contributed by atoms with Crippen LogP contribution in [0.1, 0.15) is 29.2 Å². The summed E-state index contributed by atoms with van der Waals surface area (Å²) in [7, 11) is 0. The van der Waals surface area contributed by atoms with Crippen molar-refractivity contribution in [3.8, 4) is 0 Å². The van der Waals surface area contributed by atoms with E-state index < -0.39 is 0 Å². The van der Waals surface area contributed by atoms with Crippen molar-refractivity contribution in [3.63, 3.8) is 0 Å². The largest absolute Gasteiger partial charge is 0.273 e. The molecule has 2 aromatic carbocycles. The maximum absolute atomic E-state index is 12.2.